The van der Waals surface area contributed by atoms with Gasteiger partial charge in [-0.2, -0.15) is 14.8 Å². The molecule has 3 aromatic rings. The third kappa shape index (κ3) is 2.59. The Morgan fingerprint density at radius 2 is 2.00 bits per heavy atom. The van der Waals surface area contributed by atoms with E-state index in [9.17, 15) is 14.9 Å². The van der Waals surface area contributed by atoms with Crippen molar-refractivity contribution >= 4 is 23.0 Å². The maximum absolute atomic E-state index is 12.4. The summed E-state index contributed by atoms with van der Waals surface area (Å²) < 4.78 is 6.11. The number of fused-ring (bicyclic) bond motifs is 1. The Morgan fingerprint density at radius 3 is 2.65 bits per heavy atom. The highest BCUT2D eigenvalue weighted by Gasteiger charge is 2.14. The van der Waals surface area contributed by atoms with Crippen LogP contribution in [0.15, 0.2) is 38.7 Å². The molecular weight excluding hydrogens is 302 g/mol. The minimum Gasteiger partial charge on any atom is -0.335 e. The molecule has 2 aromatic heterocycles. The van der Waals surface area contributed by atoms with Crippen molar-refractivity contribution in [2.75, 3.05) is 0 Å². The van der Waals surface area contributed by atoms with Gasteiger partial charge in [0.15, 0.2) is 0 Å². The summed E-state index contributed by atoms with van der Waals surface area (Å²) in [6.45, 7) is 3.26. The van der Waals surface area contributed by atoms with Gasteiger partial charge in [-0.25, -0.2) is 0 Å². The van der Waals surface area contributed by atoms with Crippen LogP contribution in [0.25, 0.3) is 11.1 Å². The Kier molecular flexibility index (Phi) is 3.45. The summed E-state index contributed by atoms with van der Waals surface area (Å²) in [6, 6.07) is 5.81. The molecule has 0 spiro atoms. The molecule has 116 valence electrons. The number of aromatic nitrogens is 3. The Bertz CT molecular complexity index is 985. The van der Waals surface area contributed by atoms with Crippen LogP contribution in [0.4, 0.5) is 5.69 Å². The molecule has 2 heterocycles. The molecule has 0 amide bonds. The lowest BCUT2D eigenvalue weighted by molar-refractivity contribution is -0.384. The summed E-state index contributed by atoms with van der Waals surface area (Å²) in [7, 11) is 0. The summed E-state index contributed by atoms with van der Waals surface area (Å²) in [4.78, 5) is 26.7. The van der Waals surface area contributed by atoms with E-state index in [1.807, 2.05) is 0 Å². The van der Waals surface area contributed by atoms with Crippen LogP contribution < -0.4 is 5.56 Å². The molecule has 0 saturated heterocycles. The first-order valence-electron chi connectivity index (χ1n) is 6.62. The van der Waals surface area contributed by atoms with Gasteiger partial charge in [-0.1, -0.05) is 5.16 Å². The average molecular weight is 313 g/mol. The monoisotopic (exact) mass is 313 g/mol. The molecule has 23 heavy (non-hydrogen) atoms. The number of rotatable bonds is 3. The van der Waals surface area contributed by atoms with E-state index in [1.165, 1.54) is 18.3 Å². The zero-order valence-corrected chi connectivity index (χ0v) is 12.3. The second kappa shape index (κ2) is 5.44. The first-order chi connectivity index (χ1) is 11.0. The summed E-state index contributed by atoms with van der Waals surface area (Å²) in [5.74, 6) is 0.344. The molecule has 0 atom stereocenters. The predicted octanol–water partition coefficient (Wildman–Crippen LogP) is 1.79. The van der Waals surface area contributed by atoms with Crippen LogP contribution in [-0.4, -0.2) is 26.0 Å². The maximum atomic E-state index is 12.4. The molecule has 0 saturated carbocycles. The first-order valence-corrected chi connectivity index (χ1v) is 6.62. The van der Waals surface area contributed by atoms with Crippen molar-refractivity contribution in [1.82, 2.24) is 14.8 Å². The molecule has 1 aromatic carbocycles. The van der Waals surface area contributed by atoms with E-state index < -0.39 is 4.92 Å². The fourth-order valence-corrected chi connectivity index (χ4v) is 2.07. The van der Waals surface area contributed by atoms with Gasteiger partial charge in [-0.15, -0.1) is 0 Å². The number of non-ortho nitro benzene ring substituents is 1. The van der Waals surface area contributed by atoms with E-state index in [4.69, 9.17) is 4.52 Å². The van der Waals surface area contributed by atoms with Crippen molar-refractivity contribution in [3.63, 3.8) is 0 Å². The van der Waals surface area contributed by atoms with E-state index >= 15 is 0 Å². The Balaban J connectivity index is 2.02. The minimum absolute atomic E-state index is 0.0151. The van der Waals surface area contributed by atoms with Crippen LogP contribution in [0, 0.1) is 24.0 Å². The van der Waals surface area contributed by atoms with Gasteiger partial charge in [0.25, 0.3) is 17.0 Å². The van der Waals surface area contributed by atoms with Crippen LogP contribution in [0.2, 0.25) is 0 Å². The van der Waals surface area contributed by atoms with E-state index in [-0.39, 0.29) is 22.3 Å². The Morgan fingerprint density at radius 1 is 1.30 bits per heavy atom. The molecule has 0 aliphatic carbocycles. The number of benzene rings is 1. The van der Waals surface area contributed by atoms with Crippen LogP contribution in [0.3, 0.4) is 0 Å². The molecule has 0 radical (unpaired) electrons. The molecule has 0 unspecified atom stereocenters. The second-order valence-corrected chi connectivity index (χ2v) is 4.82. The van der Waals surface area contributed by atoms with Gasteiger partial charge in [0, 0.05) is 12.1 Å². The largest absolute Gasteiger partial charge is 0.335 e. The van der Waals surface area contributed by atoms with Crippen molar-refractivity contribution in [3.8, 4) is 0 Å². The van der Waals surface area contributed by atoms with Crippen molar-refractivity contribution in [2.24, 2.45) is 5.10 Å². The van der Waals surface area contributed by atoms with Crippen molar-refractivity contribution in [3.05, 3.63) is 61.8 Å². The summed E-state index contributed by atoms with van der Waals surface area (Å²) in [6.07, 6.45) is 1.43. The predicted molar refractivity (Wildman–Crippen MR) is 81.6 cm³/mol. The Hall–Kier alpha value is -3.36. The second-order valence-electron chi connectivity index (χ2n) is 4.82. The molecular formula is C14H11N5O4. The highest BCUT2D eigenvalue weighted by atomic mass is 16.6. The number of hydrogen-bond donors (Lipinski definition) is 0. The number of nitrogens with zero attached hydrogens (tertiary/aromatic N) is 5. The van der Waals surface area contributed by atoms with Gasteiger partial charge in [0.2, 0.25) is 0 Å². The third-order valence-electron chi connectivity index (χ3n) is 3.25. The molecule has 0 bridgehead atoms. The standard InChI is InChI=1S/C14H11N5O4/c1-8-12-13(23-17-8)16-9(2)18(14(12)20)15-7-10-3-5-11(6-4-10)19(21)22/h3-7H,1-2H3/b15-7+. The lowest BCUT2D eigenvalue weighted by atomic mass is 10.2. The lowest BCUT2D eigenvalue weighted by Crippen LogP contribution is -2.20. The van der Waals surface area contributed by atoms with Crippen LogP contribution in [0.1, 0.15) is 17.1 Å². The van der Waals surface area contributed by atoms with Gasteiger partial charge >= 0.3 is 0 Å². The highest BCUT2D eigenvalue weighted by molar-refractivity contribution is 5.80. The lowest BCUT2D eigenvalue weighted by Gasteiger charge is -2.01. The SMILES string of the molecule is Cc1noc2nc(C)n(/N=C/c3ccc([N+](=O)[O-])cc3)c(=O)c12. The average Bonchev–Trinajstić information content (AvgIpc) is 2.88. The first kappa shape index (κ1) is 14.6. The summed E-state index contributed by atoms with van der Waals surface area (Å²) in [5.41, 5.74) is 0.829. The molecule has 3 rings (SSSR count). The third-order valence-corrected chi connectivity index (χ3v) is 3.25. The molecule has 9 heteroatoms. The van der Waals surface area contributed by atoms with E-state index in [1.54, 1.807) is 26.0 Å². The van der Waals surface area contributed by atoms with Crippen molar-refractivity contribution in [2.45, 2.75) is 13.8 Å². The fourth-order valence-electron chi connectivity index (χ4n) is 2.07. The molecule has 0 aliphatic heterocycles. The van der Waals surface area contributed by atoms with Gasteiger partial charge in [-0.05, 0) is 31.5 Å². The van der Waals surface area contributed by atoms with Crippen LogP contribution >= 0.6 is 0 Å². The van der Waals surface area contributed by atoms with Gasteiger partial charge in [0.05, 0.1) is 16.8 Å². The van der Waals surface area contributed by atoms with Gasteiger partial charge in [0.1, 0.15) is 11.2 Å². The van der Waals surface area contributed by atoms with E-state index in [0.29, 0.717) is 17.1 Å². The quantitative estimate of drug-likeness (QED) is 0.413. The summed E-state index contributed by atoms with van der Waals surface area (Å²) in [5, 5.41) is 18.7. The zero-order valence-electron chi connectivity index (χ0n) is 12.3. The van der Waals surface area contributed by atoms with Crippen molar-refractivity contribution in [1.29, 1.82) is 0 Å². The maximum Gasteiger partial charge on any atom is 0.287 e. The fraction of sp³-hybridized carbons (Fsp3) is 0.143. The number of aryl methyl sites for hydroxylation is 2. The van der Waals surface area contributed by atoms with Crippen LogP contribution in [-0.2, 0) is 0 Å². The number of nitro groups is 1. The number of nitro benzene ring substituents is 1. The van der Waals surface area contributed by atoms with E-state index in [2.05, 4.69) is 15.2 Å². The molecule has 0 aliphatic rings. The van der Waals surface area contributed by atoms with Gasteiger partial charge < -0.3 is 4.52 Å². The summed E-state index contributed by atoms with van der Waals surface area (Å²) >= 11 is 0. The minimum atomic E-state index is -0.484. The smallest absolute Gasteiger partial charge is 0.287 e. The Labute approximate surface area is 129 Å². The van der Waals surface area contributed by atoms with E-state index in [0.717, 1.165) is 4.68 Å². The molecule has 9 nitrogen and oxygen atoms in total. The topological polar surface area (TPSA) is 116 Å². The number of hydrogen-bond acceptors (Lipinski definition) is 7. The van der Waals surface area contributed by atoms with Gasteiger partial charge in [-0.3, -0.25) is 14.9 Å². The zero-order chi connectivity index (χ0) is 16.6. The highest BCUT2D eigenvalue weighted by Crippen LogP contribution is 2.12. The molecule has 0 fully saturated rings. The van der Waals surface area contributed by atoms with Crippen LogP contribution in [0.5, 0.6) is 0 Å². The molecule has 0 N–H and O–H groups in total. The van der Waals surface area contributed by atoms with Crippen molar-refractivity contribution < 1.29 is 9.45 Å². The normalized spacial score (nSPS) is 11.4.